The summed E-state index contributed by atoms with van der Waals surface area (Å²) < 4.78 is 45.5. The molecule has 0 spiro atoms. The zero-order valence-electron chi connectivity index (χ0n) is 21.2. The maximum absolute atomic E-state index is 13.9. The number of hydrogen-bond acceptors (Lipinski definition) is 5. The predicted molar refractivity (Wildman–Crippen MR) is 138 cm³/mol. The lowest BCUT2D eigenvalue weighted by molar-refractivity contribution is -0.135. The molecule has 2 aromatic carbocycles. The van der Waals surface area contributed by atoms with Crippen LogP contribution in [0, 0.1) is 11.7 Å². The molecule has 8 heteroatoms. The lowest BCUT2D eigenvalue weighted by Gasteiger charge is -2.33. The molecule has 1 aliphatic heterocycles. The molecule has 0 bridgehead atoms. The Bertz CT molecular complexity index is 1400. The van der Waals surface area contributed by atoms with E-state index in [1.54, 1.807) is 44.3 Å². The molecule has 3 aromatic rings. The number of carbonyl (C=O) groups excluding carboxylic acids is 1. The Balaban J connectivity index is 1.50. The Kier molecular flexibility index (Phi) is 6.56. The van der Waals surface area contributed by atoms with Crippen LogP contribution in [0.3, 0.4) is 0 Å². The van der Waals surface area contributed by atoms with Gasteiger partial charge in [-0.2, -0.15) is 0 Å². The Labute approximate surface area is 217 Å². The number of aromatic nitrogens is 1. The molecule has 0 radical (unpaired) electrons. The van der Waals surface area contributed by atoms with E-state index < -0.39 is 14.8 Å². The number of nitrogens with zero attached hydrogens (tertiary/aromatic N) is 2. The van der Waals surface area contributed by atoms with Gasteiger partial charge in [-0.25, -0.2) is 12.8 Å². The highest BCUT2D eigenvalue weighted by atomic mass is 32.2. The van der Waals surface area contributed by atoms with Gasteiger partial charge in [0.05, 0.1) is 18.3 Å². The number of amides is 1. The monoisotopic (exact) mass is 522 g/mol. The maximum atomic E-state index is 13.9. The average Bonchev–Trinajstić information content (AvgIpc) is 3.67. The van der Waals surface area contributed by atoms with Crippen molar-refractivity contribution in [3.8, 4) is 5.75 Å². The first-order valence-corrected chi connectivity index (χ1v) is 14.1. The highest BCUT2D eigenvalue weighted by Gasteiger charge is 2.47. The number of sulfone groups is 1. The fourth-order valence-corrected chi connectivity index (χ4v) is 6.40. The van der Waals surface area contributed by atoms with Gasteiger partial charge in [-0.1, -0.05) is 31.2 Å². The zero-order chi connectivity index (χ0) is 26.4. The van der Waals surface area contributed by atoms with Gasteiger partial charge < -0.3 is 9.64 Å². The minimum atomic E-state index is -3.68. The van der Waals surface area contributed by atoms with Crippen LogP contribution in [0.15, 0.2) is 71.8 Å². The van der Waals surface area contributed by atoms with E-state index in [0.29, 0.717) is 12.3 Å². The Morgan fingerprint density at radius 2 is 1.81 bits per heavy atom. The van der Waals surface area contributed by atoms with Gasteiger partial charge in [-0.15, -0.1) is 0 Å². The average molecular weight is 523 g/mol. The molecule has 1 saturated carbocycles. The molecule has 2 aliphatic rings. The third-order valence-electron chi connectivity index (χ3n) is 7.30. The number of ether oxygens (including phenoxy) is 1. The summed E-state index contributed by atoms with van der Waals surface area (Å²) in [7, 11) is -3.68. The topological polar surface area (TPSA) is 76.6 Å². The van der Waals surface area contributed by atoms with Crippen molar-refractivity contribution in [2.24, 2.45) is 5.92 Å². The summed E-state index contributed by atoms with van der Waals surface area (Å²) in [4.78, 5) is 19.0. The molecule has 2 heterocycles. The van der Waals surface area contributed by atoms with Crippen molar-refractivity contribution >= 4 is 15.7 Å². The van der Waals surface area contributed by atoms with E-state index in [4.69, 9.17) is 4.74 Å². The van der Waals surface area contributed by atoms with Crippen molar-refractivity contribution in [1.82, 2.24) is 9.88 Å². The summed E-state index contributed by atoms with van der Waals surface area (Å²) in [5.41, 5.74) is 2.43. The molecular weight excluding hydrogens is 491 g/mol. The van der Waals surface area contributed by atoms with Crippen LogP contribution >= 0.6 is 0 Å². The molecule has 37 heavy (non-hydrogen) atoms. The molecule has 1 fully saturated rings. The highest BCUT2D eigenvalue weighted by molar-refractivity contribution is 7.93. The lowest BCUT2D eigenvalue weighted by atomic mass is 9.95. The van der Waals surface area contributed by atoms with Crippen LogP contribution in [0.2, 0.25) is 0 Å². The van der Waals surface area contributed by atoms with Crippen molar-refractivity contribution in [3.63, 3.8) is 0 Å². The molecule has 1 amide bonds. The fourth-order valence-electron chi connectivity index (χ4n) is 5.00. The van der Waals surface area contributed by atoms with Gasteiger partial charge in [0.25, 0.3) is 0 Å². The highest BCUT2D eigenvalue weighted by Crippen LogP contribution is 2.49. The van der Waals surface area contributed by atoms with Gasteiger partial charge in [-0.3, -0.25) is 9.78 Å². The number of rotatable bonds is 8. The molecule has 6 nitrogen and oxygen atoms in total. The van der Waals surface area contributed by atoms with E-state index in [1.165, 1.54) is 12.1 Å². The Morgan fingerprint density at radius 1 is 1.11 bits per heavy atom. The predicted octanol–water partition coefficient (Wildman–Crippen LogP) is 5.80. The first kappa shape index (κ1) is 25.4. The van der Waals surface area contributed by atoms with Crippen molar-refractivity contribution in [3.05, 3.63) is 89.5 Å². The zero-order valence-corrected chi connectivity index (χ0v) is 22.0. The third kappa shape index (κ3) is 4.99. The molecular formula is C29H31FN2O4S. The summed E-state index contributed by atoms with van der Waals surface area (Å²) in [5, 5.41) is 0. The first-order valence-electron chi connectivity index (χ1n) is 12.6. The van der Waals surface area contributed by atoms with Crippen LogP contribution in [-0.2, 0) is 21.2 Å². The smallest absolute Gasteiger partial charge is 0.224 e. The number of hydrogen-bond donors (Lipinski definition) is 0. The summed E-state index contributed by atoms with van der Waals surface area (Å²) in [6, 6.07) is 16.8. The van der Waals surface area contributed by atoms with Crippen LogP contribution in [0.5, 0.6) is 5.75 Å². The van der Waals surface area contributed by atoms with Gasteiger partial charge in [0.1, 0.15) is 16.5 Å². The largest absolute Gasteiger partial charge is 0.470 e. The number of fused-ring (bicyclic) bond motifs is 1. The Morgan fingerprint density at radius 3 is 2.46 bits per heavy atom. The second-order valence-electron chi connectivity index (χ2n) is 10.5. The van der Waals surface area contributed by atoms with Crippen molar-refractivity contribution < 1.29 is 22.3 Å². The standard InChI is InChI=1S/C29H31FN2O4S/c1-19(20-9-12-23(30)13-10-20)16-27(33)32(18-24-6-4-5-15-31-24)28(21-7-8-21)22-11-14-25-26(17-22)37(34,35)29(2,3)36-25/h4-6,9-15,17,19,21,28H,7-8,16,18H2,1-3H3/t19-,28?/m1/s1. The van der Waals surface area contributed by atoms with Crippen LogP contribution in [0.1, 0.15) is 68.8 Å². The third-order valence-corrected chi connectivity index (χ3v) is 9.58. The molecule has 0 saturated heterocycles. The quantitative estimate of drug-likeness (QED) is 0.374. The van der Waals surface area contributed by atoms with E-state index in [0.717, 1.165) is 29.7 Å². The van der Waals surface area contributed by atoms with Gasteiger partial charge in [0, 0.05) is 12.6 Å². The molecule has 1 aliphatic carbocycles. The van der Waals surface area contributed by atoms with Crippen LogP contribution < -0.4 is 4.74 Å². The van der Waals surface area contributed by atoms with Crippen LogP contribution in [0.4, 0.5) is 4.39 Å². The summed E-state index contributed by atoms with van der Waals surface area (Å²) in [6.07, 6.45) is 3.85. The van der Waals surface area contributed by atoms with E-state index in [2.05, 4.69) is 4.98 Å². The summed E-state index contributed by atoms with van der Waals surface area (Å²) >= 11 is 0. The molecule has 5 rings (SSSR count). The summed E-state index contributed by atoms with van der Waals surface area (Å²) in [5.74, 6) is 0.0837. The molecule has 194 valence electrons. The van der Waals surface area contributed by atoms with Gasteiger partial charge >= 0.3 is 0 Å². The van der Waals surface area contributed by atoms with E-state index >= 15 is 0 Å². The van der Waals surface area contributed by atoms with E-state index in [-0.39, 0.29) is 40.9 Å². The van der Waals surface area contributed by atoms with Crippen molar-refractivity contribution in [2.75, 3.05) is 0 Å². The lowest BCUT2D eigenvalue weighted by Crippen LogP contribution is -2.36. The number of halogens is 1. The van der Waals surface area contributed by atoms with Gasteiger partial charge in [0.15, 0.2) is 0 Å². The van der Waals surface area contributed by atoms with Crippen molar-refractivity contribution in [1.29, 1.82) is 0 Å². The number of carbonyl (C=O) groups is 1. The second kappa shape index (κ2) is 9.56. The van der Waals surface area contributed by atoms with Crippen molar-refractivity contribution in [2.45, 2.75) is 68.4 Å². The molecule has 2 atom stereocenters. The van der Waals surface area contributed by atoms with Crippen LogP contribution in [-0.4, -0.2) is 29.1 Å². The minimum absolute atomic E-state index is 0.0562. The summed E-state index contributed by atoms with van der Waals surface area (Å²) in [6.45, 7) is 5.36. The molecule has 1 unspecified atom stereocenters. The van der Waals surface area contributed by atoms with Gasteiger partial charge in [0.2, 0.25) is 20.7 Å². The molecule has 0 N–H and O–H groups in total. The maximum Gasteiger partial charge on any atom is 0.224 e. The van der Waals surface area contributed by atoms with E-state index in [9.17, 15) is 17.6 Å². The van der Waals surface area contributed by atoms with E-state index in [1.807, 2.05) is 36.1 Å². The fraction of sp³-hybridized carbons (Fsp3) is 0.379. The SMILES string of the molecule is C[C@H](CC(=O)N(Cc1ccccn1)C(c1ccc2c(c1)S(=O)(=O)C(C)(C)O2)C1CC1)c1ccc(F)cc1. The first-order chi connectivity index (χ1) is 17.6. The normalized spacial score (nSPS) is 18.9. The van der Waals surface area contributed by atoms with Crippen LogP contribution in [0.25, 0.3) is 0 Å². The number of pyridine rings is 1. The molecule has 1 aromatic heterocycles. The second-order valence-corrected chi connectivity index (χ2v) is 12.9. The van der Waals surface area contributed by atoms with Gasteiger partial charge in [-0.05, 0) is 86.1 Å². The number of benzene rings is 2. The minimum Gasteiger partial charge on any atom is -0.470 e. The Hall–Kier alpha value is -3.26.